The van der Waals surface area contributed by atoms with E-state index in [0.29, 0.717) is 11.7 Å². The fourth-order valence-electron chi connectivity index (χ4n) is 1.53. The molecule has 0 bridgehead atoms. The predicted molar refractivity (Wildman–Crippen MR) is 71.6 cm³/mol. The highest BCUT2D eigenvalue weighted by Gasteiger charge is 1.98. The van der Waals surface area contributed by atoms with Crippen molar-refractivity contribution in [1.82, 2.24) is 9.97 Å². The molecule has 1 N–H and O–H groups in total. The molecule has 0 fully saturated rings. The van der Waals surface area contributed by atoms with Gasteiger partial charge in [-0.05, 0) is 12.5 Å². The Morgan fingerprint density at radius 1 is 1.35 bits per heavy atom. The van der Waals surface area contributed by atoms with Crippen molar-refractivity contribution < 1.29 is 4.21 Å². The molecule has 1 aromatic heterocycles. The molecule has 1 unspecified atom stereocenters. The lowest BCUT2D eigenvalue weighted by molar-refractivity contribution is 0.685. The first kappa shape index (κ1) is 12.0. The van der Waals surface area contributed by atoms with E-state index in [-0.39, 0.29) is 0 Å². The van der Waals surface area contributed by atoms with Gasteiger partial charge in [-0.25, -0.2) is 9.97 Å². The van der Waals surface area contributed by atoms with Gasteiger partial charge < -0.3 is 5.32 Å². The maximum absolute atomic E-state index is 10.9. The van der Waals surface area contributed by atoms with Crippen LogP contribution in [0.25, 0.3) is 10.9 Å². The Hall–Kier alpha value is -1.49. The van der Waals surface area contributed by atoms with Crippen LogP contribution in [0.3, 0.4) is 0 Å². The van der Waals surface area contributed by atoms with Crippen molar-refractivity contribution in [3.63, 3.8) is 0 Å². The van der Waals surface area contributed by atoms with Gasteiger partial charge in [-0.1, -0.05) is 18.2 Å². The van der Waals surface area contributed by atoms with Crippen LogP contribution in [0.15, 0.2) is 30.5 Å². The second-order valence-corrected chi connectivity index (χ2v) is 5.36. The number of para-hydroxylation sites is 1. The summed E-state index contributed by atoms with van der Waals surface area (Å²) in [5.41, 5.74) is 0.934. The average molecular weight is 249 g/mol. The van der Waals surface area contributed by atoms with Gasteiger partial charge in [0.1, 0.15) is 0 Å². The van der Waals surface area contributed by atoms with Crippen LogP contribution in [-0.2, 0) is 10.8 Å². The maximum atomic E-state index is 10.9. The van der Waals surface area contributed by atoms with E-state index >= 15 is 0 Å². The molecule has 5 heteroatoms. The van der Waals surface area contributed by atoms with Crippen molar-refractivity contribution in [3.05, 3.63) is 30.5 Å². The van der Waals surface area contributed by atoms with Crippen molar-refractivity contribution in [1.29, 1.82) is 0 Å². The third-order valence-electron chi connectivity index (χ3n) is 2.38. The zero-order valence-electron chi connectivity index (χ0n) is 9.72. The first-order chi connectivity index (χ1) is 8.25. The Labute approximate surface area is 103 Å². The van der Waals surface area contributed by atoms with Crippen molar-refractivity contribution in [2.24, 2.45) is 0 Å². The van der Waals surface area contributed by atoms with Crippen LogP contribution in [-0.4, -0.2) is 32.7 Å². The van der Waals surface area contributed by atoms with Crippen LogP contribution >= 0.6 is 0 Å². The van der Waals surface area contributed by atoms with Gasteiger partial charge in [0, 0.05) is 40.9 Å². The van der Waals surface area contributed by atoms with E-state index in [9.17, 15) is 4.21 Å². The summed E-state index contributed by atoms with van der Waals surface area (Å²) in [6, 6.07) is 7.87. The minimum absolute atomic E-state index is 0.630. The fraction of sp³-hybridized carbons (Fsp3) is 0.333. The number of hydrogen-bond donors (Lipinski definition) is 1. The molecule has 2 aromatic rings. The Morgan fingerprint density at radius 3 is 3.00 bits per heavy atom. The summed E-state index contributed by atoms with van der Waals surface area (Å²) in [7, 11) is -0.727. The monoisotopic (exact) mass is 249 g/mol. The van der Waals surface area contributed by atoms with Crippen molar-refractivity contribution in [3.8, 4) is 0 Å². The van der Waals surface area contributed by atoms with Crippen LogP contribution in [0.4, 0.5) is 5.95 Å². The summed E-state index contributed by atoms with van der Waals surface area (Å²) in [6.45, 7) is 0.748. The summed E-state index contributed by atoms with van der Waals surface area (Å²) in [5.74, 6) is 1.34. The molecular weight excluding hydrogens is 234 g/mol. The molecule has 0 saturated carbocycles. The minimum Gasteiger partial charge on any atom is -0.354 e. The molecule has 0 saturated heterocycles. The van der Waals surface area contributed by atoms with Crippen LogP contribution < -0.4 is 5.32 Å². The molecule has 1 aromatic carbocycles. The lowest BCUT2D eigenvalue weighted by Gasteiger charge is -2.04. The molecule has 1 atom stereocenters. The molecule has 90 valence electrons. The zero-order valence-corrected chi connectivity index (χ0v) is 10.5. The topological polar surface area (TPSA) is 54.9 Å². The summed E-state index contributed by atoms with van der Waals surface area (Å²) < 4.78 is 10.9. The van der Waals surface area contributed by atoms with Crippen molar-refractivity contribution in [2.45, 2.75) is 6.42 Å². The molecule has 1 heterocycles. The lowest BCUT2D eigenvalue weighted by atomic mass is 10.2. The average Bonchev–Trinajstić information content (AvgIpc) is 2.34. The highest BCUT2D eigenvalue weighted by Crippen LogP contribution is 2.11. The SMILES string of the molecule is CS(=O)CCCNc1ncc2ccccc2n1. The van der Waals surface area contributed by atoms with E-state index in [2.05, 4.69) is 15.3 Å². The van der Waals surface area contributed by atoms with Crippen LogP contribution in [0, 0.1) is 0 Å². The van der Waals surface area contributed by atoms with Gasteiger partial charge in [-0.15, -0.1) is 0 Å². The first-order valence-electron chi connectivity index (χ1n) is 5.51. The number of benzene rings is 1. The summed E-state index contributed by atoms with van der Waals surface area (Å²) in [5, 5.41) is 4.17. The summed E-state index contributed by atoms with van der Waals surface area (Å²) >= 11 is 0. The molecule has 0 amide bonds. The van der Waals surface area contributed by atoms with Gasteiger partial charge in [-0.2, -0.15) is 0 Å². The quantitative estimate of drug-likeness (QED) is 0.821. The summed E-state index contributed by atoms with van der Waals surface area (Å²) in [4.78, 5) is 8.62. The molecule has 0 spiro atoms. The fourth-order valence-corrected chi connectivity index (χ4v) is 2.08. The van der Waals surface area contributed by atoms with Gasteiger partial charge >= 0.3 is 0 Å². The van der Waals surface area contributed by atoms with E-state index < -0.39 is 10.8 Å². The second-order valence-electron chi connectivity index (χ2n) is 3.81. The third kappa shape index (κ3) is 3.49. The van der Waals surface area contributed by atoms with Gasteiger partial charge in [0.05, 0.1) is 5.52 Å². The minimum atomic E-state index is -0.727. The number of nitrogens with one attached hydrogen (secondary N) is 1. The Bertz CT molecular complexity index is 530. The Kier molecular flexibility index (Phi) is 4.03. The van der Waals surface area contributed by atoms with E-state index in [1.807, 2.05) is 30.5 Å². The largest absolute Gasteiger partial charge is 0.354 e. The van der Waals surface area contributed by atoms with Crippen LogP contribution in [0.1, 0.15) is 6.42 Å². The van der Waals surface area contributed by atoms with Gasteiger partial charge in [0.15, 0.2) is 0 Å². The highest BCUT2D eigenvalue weighted by molar-refractivity contribution is 7.84. The summed E-state index contributed by atoms with van der Waals surface area (Å²) in [6.07, 6.45) is 4.38. The number of hydrogen-bond acceptors (Lipinski definition) is 4. The van der Waals surface area contributed by atoms with Crippen LogP contribution in [0.5, 0.6) is 0 Å². The maximum Gasteiger partial charge on any atom is 0.223 e. The van der Waals surface area contributed by atoms with Gasteiger partial charge in [-0.3, -0.25) is 4.21 Å². The van der Waals surface area contributed by atoms with E-state index in [1.165, 1.54) is 0 Å². The highest BCUT2D eigenvalue weighted by atomic mass is 32.2. The van der Waals surface area contributed by atoms with E-state index in [4.69, 9.17) is 0 Å². The molecule has 0 aliphatic heterocycles. The standard InChI is InChI=1S/C12H15N3OS/c1-17(16)8-4-7-13-12-14-9-10-5-2-3-6-11(10)15-12/h2-3,5-6,9H,4,7-8H2,1H3,(H,13,14,15). The molecule has 0 aliphatic carbocycles. The lowest BCUT2D eigenvalue weighted by Crippen LogP contribution is -2.08. The van der Waals surface area contributed by atoms with Crippen molar-refractivity contribution >= 4 is 27.7 Å². The molecular formula is C12H15N3OS. The molecule has 17 heavy (non-hydrogen) atoms. The number of aromatic nitrogens is 2. The number of fused-ring (bicyclic) bond motifs is 1. The zero-order chi connectivity index (χ0) is 12.1. The number of nitrogens with zero attached hydrogens (tertiary/aromatic N) is 2. The predicted octanol–water partition coefficient (Wildman–Crippen LogP) is 1.81. The van der Waals surface area contributed by atoms with E-state index in [0.717, 1.165) is 23.9 Å². The van der Waals surface area contributed by atoms with Crippen LogP contribution in [0.2, 0.25) is 0 Å². The molecule has 2 rings (SSSR count). The Balaban J connectivity index is 1.97. The normalized spacial score (nSPS) is 12.5. The third-order valence-corrected chi connectivity index (χ3v) is 3.24. The molecule has 4 nitrogen and oxygen atoms in total. The van der Waals surface area contributed by atoms with Crippen molar-refractivity contribution in [2.75, 3.05) is 23.9 Å². The number of rotatable bonds is 5. The first-order valence-corrected chi connectivity index (χ1v) is 7.24. The molecule has 0 aliphatic rings. The van der Waals surface area contributed by atoms with Gasteiger partial charge in [0.2, 0.25) is 5.95 Å². The Morgan fingerprint density at radius 2 is 2.18 bits per heavy atom. The van der Waals surface area contributed by atoms with E-state index in [1.54, 1.807) is 6.26 Å². The second kappa shape index (κ2) is 5.72. The smallest absolute Gasteiger partial charge is 0.223 e. The van der Waals surface area contributed by atoms with Gasteiger partial charge in [0.25, 0.3) is 0 Å². The number of anilines is 1. The molecule has 0 radical (unpaired) electrons.